The second kappa shape index (κ2) is 6.23. The number of aromatic nitrogens is 1. The minimum atomic E-state index is 0.773. The lowest BCUT2D eigenvalue weighted by molar-refractivity contribution is 0.394. The zero-order valence-electron chi connectivity index (χ0n) is 11.0. The summed E-state index contributed by atoms with van der Waals surface area (Å²) in [5.74, 6) is 0. The standard InChI is InChI=1S/C14H20ClN3/c1-18(2)7-3-6-16-9-11-10-17-14-8-12(15)4-5-13(11)14/h4-5,8,10,16-17H,3,6-7,9H2,1-2H3. The summed E-state index contributed by atoms with van der Waals surface area (Å²) in [6.07, 6.45) is 3.22. The van der Waals surface area contributed by atoms with Crippen molar-refractivity contribution in [3.05, 3.63) is 35.0 Å². The van der Waals surface area contributed by atoms with Gasteiger partial charge in [-0.25, -0.2) is 0 Å². The predicted octanol–water partition coefficient (Wildman–Crippen LogP) is 2.86. The van der Waals surface area contributed by atoms with Gasteiger partial charge in [-0.3, -0.25) is 0 Å². The van der Waals surface area contributed by atoms with Gasteiger partial charge in [0.1, 0.15) is 0 Å². The van der Waals surface area contributed by atoms with Crippen LogP contribution in [0.3, 0.4) is 0 Å². The number of benzene rings is 1. The summed E-state index contributed by atoms with van der Waals surface area (Å²) >= 11 is 5.96. The molecule has 2 aromatic rings. The van der Waals surface area contributed by atoms with Gasteiger partial charge in [-0.05, 0) is 51.3 Å². The Bertz CT molecular complexity index is 505. The lowest BCUT2D eigenvalue weighted by Gasteiger charge is -2.09. The van der Waals surface area contributed by atoms with Crippen LogP contribution in [0, 0.1) is 0 Å². The molecule has 0 aliphatic heterocycles. The van der Waals surface area contributed by atoms with Crippen molar-refractivity contribution in [2.75, 3.05) is 27.2 Å². The molecule has 0 bridgehead atoms. The van der Waals surface area contributed by atoms with E-state index in [-0.39, 0.29) is 0 Å². The van der Waals surface area contributed by atoms with Gasteiger partial charge in [-0.2, -0.15) is 0 Å². The summed E-state index contributed by atoms with van der Waals surface area (Å²) in [6, 6.07) is 5.98. The number of halogens is 1. The third-order valence-corrected chi connectivity index (χ3v) is 3.24. The van der Waals surface area contributed by atoms with Crippen LogP contribution in [0.25, 0.3) is 10.9 Å². The molecule has 0 unspecified atom stereocenters. The first kappa shape index (κ1) is 13.4. The molecule has 3 nitrogen and oxygen atoms in total. The molecule has 0 saturated heterocycles. The molecular formula is C14H20ClN3. The number of aromatic amines is 1. The summed E-state index contributed by atoms with van der Waals surface area (Å²) in [7, 11) is 4.20. The van der Waals surface area contributed by atoms with Crippen molar-refractivity contribution in [2.45, 2.75) is 13.0 Å². The molecule has 0 aliphatic carbocycles. The van der Waals surface area contributed by atoms with E-state index < -0.39 is 0 Å². The van der Waals surface area contributed by atoms with Crippen molar-refractivity contribution in [1.82, 2.24) is 15.2 Å². The van der Waals surface area contributed by atoms with E-state index in [4.69, 9.17) is 11.6 Å². The average molecular weight is 266 g/mol. The van der Waals surface area contributed by atoms with Crippen molar-refractivity contribution in [3.8, 4) is 0 Å². The van der Waals surface area contributed by atoms with E-state index in [1.807, 2.05) is 12.1 Å². The van der Waals surface area contributed by atoms with E-state index in [9.17, 15) is 0 Å². The van der Waals surface area contributed by atoms with Gasteiger partial charge < -0.3 is 15.2 Å². The highest BCUT2D eigenvalue weighted by molar-refractivity contribution is 6.31. The Hall–Kier alpha value is -1.03. The maximum atomic E-state index is 5.96. The second-order valence-corrected chi connectivity index (χ2v) is 5.27. The predicted molar refractivity (Wildman–Crippen MR) is 78.2 cm³/mol. The van der Waals surface area contributed by atoms with Gasteiger partial charge in [0.2, 0.25) is 0 Å². The van der Waals surface area contributed by atoms with Gasteiger partial charge in [0, 0.05) is 28.7 Å². The minimum Gasteiger partial charge on any atom is -0.361 e. The maximum Gasteiger partial charge on any atom is 0.0472 e. The maximum absolute atomic E-state index is 5.96. The summed E-state index contributed by atoms with van der Waals surface area (Å²) in [4.78, 5) is 5.46. The fraction of sp³-hybridized carbons (Fsp3) is 0.429. The zero-order chi connectivity index (χ0) is 13.0. The summed E-state index contributed by atoms with van der Waals surface area (Å²) in [6.45, 7) is 3.06. The van der Waals surface area contributed by atoms with Gasteiger partial charge in [0.05, 0.1) is 0 Å². The van der Waals surface area contributed by atoms with Crippen LogP contribution in [0.15, 0.2) is 24.4 Å². The highest BCUT2D eigenvalue weighted by Crippen LogP contribution is 2.21. The van der Waals surface area contributed by atoms with Crippen LogP contribution in [0.4, 0.5) is 0 Å². The Morgan fingerprint density at radius 1 is 1.33 bits per heavy atom. The first-order valence-corrected chi connectivity index (χ1v) is 6.65. The minimum absolute atomic E-state index is 0.773. The van der Waals surface area contributed by atoms with Crippen LogP contribution >= 0.6 is 11.6 Å². The third kappa shape index (κ3) is 3.48. The first-order valence-electron chi connectivity index (χ1n) is 6.28. The van der Waals surface area contributed by atoms with E-state index in [2.05, 4.69) is 41.6 Å². The summed E-state index contributed by atoms with van der Waals surface area (Å²) in [5, 5.41) is 5.49. The SMILES string of the molecule is CN(C)CCCNCc1c[nH]c2cc(Cl)ccc12. The highest BCUT2D eigenvalue weighted by Gasteiger charge is 2.03. The van der Waals surface area contributed by atoms with E-state index in [0.29, 0.717) is 0 Å². The normalized spacial score (nSPS) is 11.6. The number of nitrogens with one attached hydrogen (secondary N) is 2. The van der Waals surface area contributed by atoms with Crippen LogP contribution in [-0.2, 0) is 6.54 Å². The van der Waals surface area contributed by atoms with Gasteiger partial charge in [0.25, 0.3) is 0 Å². The van der Waals surface area contributed by atoms with Crippen LogP contribution in [0.5, 0.6) is 0 Å². The molecule has 0 saturated carbocycles. The van der Waals surface area contributed by atoms with E-state index >= 15 is 0 Å². The van der Waals surface area contributed by atoms with Gasteiger partial charge in [0.15, 0.2) is 0 Å². The Morgan fingerprint density at radius 2 is 2.17 bits per heavy atom. The quantitative estimate of drug-likeness (QED) is 0.787. The smallest absolute Gasteiger partial charge is 0.0472 e. The lowest BCUT2D eigenvalue weighted by atomic mass is 10.2. The fourth-order valence-electron chi connectivity index (χ4n) is 2.05. The van der Waals surface area contributed by atoms with Crippen LogP contribution in [0.2, 0.25) is 5.02 Å². The van der Waals surface area contributed by atoms with E-state index in [0.717, 1.165) is 30.2 Å². The average Bonchev–Trinajstić information content (AvgIpc) is 2.70. The Morgan fingerprint density at radius 3 is 2.94 bits per heavy atom. The molecular weight excluding hydrogens is 246 g/mol. The lowest BCUT2D eigenvalue weighted by Crippen LogP contribution is -2.20. The second-order valence-electron chi connectivity index (χ2n) is 4.84. The van der Waals surface area contributed by atoms with Crippen molar-refractivity contribution >= 4 is 22.5 Å². The molecule has 1 aromatic heterocycles. The highest BCUT2D eigenvalue weighted by atomic mass is 35.5. The van der Waals surface area contributed by atoms with Crippen molar-refractivity contribution < 1.29 is 0 Å². The van der Waals surface area contributed by atoms with Gasteiger partial charge in [-0.1, -0.05) is 17.7 Å². The topological polar surface area (TPSA) is 31.1 Å². The monoisotopic (exact) mass is 265 g/mol. The molecule has 18 heavy (non-hydrogen) atoms. The first-order chi connectivity index (χ1) is 8.66. The van der Waals surface area contributed by atoms with Crippen molar-refractivity contribution in [2.24, 2.45) is 0 Å². The number of hydrogen-bond acceptors (Lipinski definition) is 2. The Balaban J connectivity index is 1.88. The number of rotatable bonds is 6. The molecule has 98 valence electrons. The Labute approximate surface area is 113 Å². The van der Waals surface area contributed by atoms with Crippen molar-refractivity contribution in [1.29, 1.82) is 0 Å². The number of fused-ring (bicyclic) bond motifs is 1. The summed E-state index contributed by atoms with van der Waals surface area (Å²) in [5.41, 5.74) is 2.40. The number of hydrogen-bond donors (Lipinski definition) is 2. The molecule has 1 heterocycles. The molecule has 0 amide bonds. The number of nitrogens with zero attached hydrogens (tertiary/aromatic N) is 1. The zero-order valence-corrected chi connectivity index (χ0v) is 11.7. The van der Waals surface area contributed by atoms with Gasteiger partial charge in [-0.15, -0.1) is 0 Å². The molecule has 0 atom stereocenters. The summed E-state index contributed by atoms with van der Waals surface area (Å²) < 4.78 is 0. The number of H-pyrrole nitrogens is 1. The molecule has 0 fully saturated rings. The van der Waals surface area contributed by atoms with Gasteiger partial charge >= 0.3 is 0 Å². The Kier molecular flexibility index (Phi) is 4.64. The molecule has 0 spiro atoms. The fourth-order valence-corrected chi connectivity index (χ4v) is 2.22. The van der Waals surface area contributed by atoms with E-state index in [1.165, 1.54) is 17.4 Å². The van der Waals surface area contributed by atoms with Crippen LogP contribution in [0.1, 0.15) is 12.0 Å². The molecule has 4 heteroatoms. The molecule has 0 aliphatic rings. The molecule has 0 radical (unpaired) electrons. The van der Waals surface area contributed by atoms with Crippen molar-refractivity contribution in [3.63, 3.8) is 0 Å². The molecule has 2 N–H and O–H groups in total. The van der Waals surface area contributed by atoms with E-state index in [1.54, 1.807) is 0 Å². The third-order valence-electron chi connectivity index (χ3n) is 3.00. The largest absolute Gasteiger partial charge is 0.361 e. The molecule has 2 rings (SSSR count). The molecule has 1 aromatic carbocycles. The van der Waals surface area contributed by atoms with Crippen LogP contribution < -0.4 is 5.32 Å². The van der Waals surface area contributed by atoms with Crippen LogP contribution in [-0.4, -0.2) is 37.1 Å².